The van der Waals surface area contributed by atoms with Crippen LogP contribution in [0.2, 0.25) is 0 Å². The Kier molecular flexibility index (Phi) is 6.05. The fourth-order valence-corrected chi connectivity index (χ4v) is 3.06. The Balaban J connectivity index is 3.41. The van der Waals surface area contributed by atoms with E-state index in [1.165, 1.54) is 5.56 Å². The van der Waals surface area contributed by atoms with Crippen LogP contribution in [0.15, 0.2) is 24.8 Å². The van der Waals surface area contributed by atoms with Crippen molar-refractivity contribution in [3.63, 3.8) is 0 Å². The highest BCUT2D eigenvalue weighted by atomic mass is 32.2. The summed E-state index contributed by atoms with van der Waals surface area (Å²) in [5, 5.41) is 9.39. The van der Waals surface area contributed by atoms with E-state index < -0.39 is 0 Å². The van der Waals surface area contributed by atoms with Crippen LogP contribution in [0.4, 0.5) is 5.69 Å². The fraction of sp³-hybridized carbons (Fsp3) is 0.526. The van der Waals surface area contributed by atoms with E-state index in [0.717, 1.165) is 22.6 Å². The Hall–Kier alpha value is -1.06. The molecule has 0 radical (unpaired) electrons. The van der Waals surface area contributed by atoms with Gasteiger partial charge in [-0.1, -0.05) is 32.6 Å². The molecule has 0 unspecified atom stereocenters. The molecular formula is C19H30NOS+. The zero-order chi connectivity index (χ0) is 17.1. The maximum absolute atomic E-state index is 9.39. The number of thioether (sulfide) groups is 1. The zero-order valence-corrected chi connectivity index (χ0v) is 15.7. The molecule has 0 bridgehead atoms. The normalized spacial score (nSPS) is 12.3. The molecule has 1 aromatic carbocycles. The van der Waals surface area contributed by atoms with E-state index in [0.29, 0.717) is 0 Å². The van der Waals surface area contributed by atoms with Gasteiger partial charge in [0, 0.05) is 36.8 Å². The summed E-state index contributed by atoms with van der Waals surface area (Å²) >= 11 is 1.66. The van der Waals surface area contributed by atoms with E-state index in [2.05, 4.69) is 70.7 Å². The van der Waals surface area contributed by atoms with Gasteiger partial charge in [0.05, 0.1) is 5.56 Å². The van der Waals surface area contributed by atoms with Crippen LogP contribution in [0.1, 0.15) is 45.2 Å². The standard InChI is InChI=1S/C19H30NOS/c1-14-10-9-11-16(17(14)15(2)22-8)20(7)19(5,6)18(3,4)12-13-21/h9-11,21H,2,7,12-13H2,1,3-6,8H3/q+1. The Morgan fingerprint density at radius 1 is 1.27 bits per heavy atom. The first-order chi connectivity index (χ1) is 10.1. The highest BCUT2D eigenvalue weighted by Crippen LogP contribution is 2.42. The summed E-state index contributed by atoms with van der Waals surface area (Å²) in [6.07, 6.45) is 2.78. The summed E-state index contributed by atoms with van der Waals surface area (Å²) < 4.78 is 2.09. The molecular weight excluding hydrogens is 290 g/mol. The van der Waals surface area contributed by atoms with Gasteiger partial charge in [-0.3, -0.25) is 0 Å². The minimum Gasteiger partial charge on any atom is -0.396 e. The molecule has 0 aliphatic rings. The van der Waals surface area contributed by atoms with Crippen LogP contribution in [0.5, 0.6) is 0 Å². The number of hydrogen-bond acceptors (Lipinski definition) is 2. The first-order valence-electron chi connectivity index (χ1n) is 7.64. The van der Waals surface area contributed by atoms with Gasteiger partial charge in [-0.15, -0.1) is 11.8 Å². The average Bonchev–Trinajstić information content (AvgIpc) is 2.45. The predicted molar refractivity (Wildman–Crippen MR) is 100 cm³/mol. The maximum atomic E-state index is 9.39. The molecule has 1 aromatic rings. The zero-order valence-electron chi connectivity index (χ0n) is 14.9. The quantitative estimate of drug-likeness (QED) is 0.573. The van der Waals surface area contributed by atoms with Gasteiger partial charge in [-0.05, 0) is 25.2 Å². The molecule has 0 heterocycles. The number of aliphatic hydroxyl groups is 1. The van der Waals surface area contributed by atoms with Crippen molar-refractivity contribution in [2.24, 2.45) is 5.41 Å². The van der Waals surface area contributed by atoms with Gasteiger partial charge >= 0.3 is 0 Å². The highest BCUT2D eigenvalue weighted by molar-refractivity contribution is 8.07. The van der Waals surface area contributed by atoms with E-state index in [-0.39, 0.29) is 17.6 Å². The summed E-state index contributed by atoms with van der Waals surface area (Å²) in [7, 11) is 0. The summed E-state index contributed by atoms with van der Waals surface area (Å²) in [6.45, 7) is 19.6. The van der Waals surface area contributed by atoms with Crippen LogP contribution in [0, 0.1) is 12.3 Å². The van der Waals surface area contributed by atoms with Crippen LogP contribution in [-0.4, -0.2) is 34.8 Å². The van der Waals surface area contributed by atoms with Crippen LogP contribution in [0.25, 0.3) is 4.91 Å². The van der Waals surface area contributed by atoms with Gasteiger partial charge in [0.2, 0.25) is 5.69 Å². The molecule has 3 heteroatoms. The van der Waals surface area contributed by atoms with Gasteiger partial charge in [0.15, 0.2) is 5.54 Å². The molecule has 0 saturated heterocycles. The molecule has 1 rings (SSSR count). The third kappa shape index (κ3) is 3.47. The number of benzene rings is 1. The van der Waals surface area contributed by atoms with Crippen LogP contribution < -0.4 is 0 Å². The molecule has 0 aromatic heterocycles. The molecule has 1 N–H and O–H groups in total. The van der Waals surface area contributed by atoms with Crippen molar-refractivity contribution >= 4 is 29.1 Å². The largest absolute Gasteiger partial charge is 0.396 e. The Morgan fingerprint density at radius 3 is 2.36 bits per heavy atom. The number of aryl methyl sites for hydroxylation is 1. The van der Waals surface area contributed by atoms with E-state index in [1.807, 2.05) is 6.26 Å². The molecule has 0 amide bonds. The SMILES string of the molecule is C=C(SC)c1c(C)cccc1[N+](=C)C(C)(C)C(C)(C)CCO. The second-order valence-electron chi connectivity index (χ2n) is 6.94. The summed E-state index contributed by atoms with van der Waals surface area (Å²) in [5.41, 5.74) is 3.18. The first kappa shape index (κ1) is 19.0. The molecule has 0 saturated carbocycles. The summed E-state index contributed by atoms with van der Waals surface area (Å²) in [5.74, 6) is 0. The van der Waals surface area contributed by atoms with Gasteiger partial charge in [-0.25, -0.2) is 0 Å². The third-order valence-electron chi connectivity index (χ3n) is 5.13. The first-order valence-corrected chi connectivity index (χ1v) is 8.87. The number of nitrogens with zero attached hydrogens (tertiary/aromatic N) is 1. The number of hydrogen-bond donors (Lipinski definition) is 1. The van der Waals surface area contributed by atoms with Crippen LogP contribution in [0.3, 0.4) is 0 Å². The molecule has 0 spiro atoms. The lowest BCUT2D eigenvalue weighted by atomic mass is 9.71. The maximum Gasteiger partial charge on any atom is 0.213 e. The van der Waals surface area contributed by atoms with Crippen LogP contribution >= 0.6 is 11.8 Å². The molecule has 122 valence electrons. The van der Waals surface area contributed by atoms with Crippen molar-refractivity contribution in [1.82, 2.24) is 0 Å². The monoisotopic (exact) mass is 320 g/mol. The van der Waals surface area contributed by atoms with Crippen molar-refractivity contribution in [2.45, 2.75) is 46.6 Å². The Labute approximate surface area is 140 Å². The van der Waals surface area contributed by atoms with Crippen molar-refractivity contribution in [2.75, 3.05) is 12.9 Å². The molecule has 2 nitrogen and oxygen atoms in total. The number of rotatable bonds is 7. The minimum atomic E-state index is -0.211. The van der Waals surface area contributed by atoms with Gasteiger partial charge in [0.1, 0.15) is 6.72 Å². The smallest absolute Gasteiger partial charge is 0.213 e. The molecule has 0 aliphatic heterocycles. The average molecular weight is 321 g/mol. The van der Waals surface area contributed by atoms with Crippen molar-refractivity contribution in [1.29, 1.82) is 0 Å². The van der Waals surface area contributed by atoms with Crippen LogP contribution in [-0.2, 0) is 0 Å². The molecule has 0 fully saturated rings. The van der Waals surface area contributed by atoms with E-state index in [4.69, 9.17) is 0 Å². The van der Waals surface area contributed by atoms with Crippen molar-refractivity contribution < 1.29 is 9.68 Å². The third-order valence-corrected chi connectivity index (χ3v) is 5.83. The van der Waals surface area contributed by atoms with Gasteiger partial charge in [-0.2, -0.15) is 4.58 Å². The highest BCUT2D eigenvalue weighted by Gasteiger charge is 2.46. The lowest BCUT2D eigenvalue weighted by Crippen LogP contribution is -2.47. The Bertz CT molecular complexity index is 573. The molecule has 0 atom stereocenters. The van der Waals surface area contributed by atoms with E-state index >= 15 is 0 Å². The van der Waals surface area contributed by atoms with E-state index in [9.17, 15) is 5.11 Å². The lowest BCUT2D eigenvalue weighted by molar-refractivity contribution is -0.541. The number of aliphatic hydroxyl groups excluding tert-OH is 1. The topological polar surface area (TPSA) is 23.2 Å². The van der Waals surface area contributed by atoms with E-state index in [1.54, 1.807) is 11.8 Å². The Morgan fingerprint density at radius 2 is 1.86 bits per heavy atom. The second kappa shape index (κ2) is 7.01. The summed E-state index contributed by atoms with van der Waals surface area (Å²) in [4.78, 5) is 1.05. The summed E-state index contributed by atoms with van der Waals surface area (Å²) in [6, 6.07) is 6.28. The van der Waals surface area contributed by atoms with Crippen molar-refractivity contribution in [3.8, 4) is 0 Å². The van der Waals surface area contributed by atoms with Crippen molar-refractivity contribution in [3.05, 3.63) is 35.9 Å². The lowest BCUT2D eigenvalue weighted by Gasteiger charge is -2.38. The molecule has 0 aliphatic carbocycles. The predicted octanol–water partition coefficient (Wildman–Crippen LogP) is 4.86. The minimum absolute atomic E-state index is 0.0782. The van der Waals surface area contributed by atoms with Gasteiger partial charge in [0.25, 0.3) is 0 Å². The van der Waals surface area contributed by atoms with Gasteiger partial charge < -0.3 is 5.11 Å². The fourth-order valence-electron chi connectivity index (χ4n) is 2.59. The second-order valence-corrected chi connectivity index (χ2v) is 7.84. The molecule has 22 heavy (non-hydrogen) atoms.